The average Bonchev–Trinajstić information content (AvgIpc) is 3.13. The fourth-order valence-corrected chi connectivity index (χ4v) is 3.62. The lowest BCUT2D eigenvalue weighted by Gasteiger charge is -2.23. The monoisotopic (exact) mass is 400 g/mol. The maximum absolute atomic E-state index is 13.0. The van der Waals surface area contributed by atoms with Gasteiger partial charge in [-0.3, -0.25) is 9.78 Å². The molecule has 5 heteroatoms. The maximum Gasteiger partial charge on any atom is 0.255 e. The van der Waals surface area contributed by atoms with Crippen molar-refractivity contribution >= 4 is 33.2 Å². The minimum Gasteiger partial charge on any atom is -0.334 e. The number of aromatic nitrogens is 1. The van der Waals surface area contributed by atoms with Crippen molar-refractivity contribution in [2.24, 2.45) is 0 Å². The zero-order chi connectivity index (χ0) is 16.8. The van der Waals surface area contributed by atoms with Gasteiger partial charge in [-0.2, -0.15) is 0 Å². The molecule has 2 aromatic heterocycles. The van der Waals surface area contributed by atoms with E-state index in [1.54, 1.807) is 17.5 Å². The molecule has 0 aliphatic rings. The predicted octanol–water partition coefficient (Wildman–Crippen LogP) is 4.79. The standard InChI is InChI=1S/C19H17BrN2OS/c20-18-8-2-1-7-17(18)19(23)22(11-9-16-6-4-12-24-16)14-15-5-3-10-21-13-15/h1-8,10,12-13H,9,11,14H2. The number of carbonyl (C=O) groups is 1. The van der Waals surface area contributed by atoms with Gasteiger partial charge in [0.25, 0.3) is 5.91 Å². The van der Waals surface area contributed by atoms with Gasteiger partial charge in [-0.15, -0.1) is 11.3 Å². The van der Waals surface area contributed by atoms with Crippen molar-refractivity contribution in [2.75, 3.05) is 6.54 Å². The third kappa shape index (κ3) is 4.30. The van der Waals surface area contributed by atoms with Crippen LogP contribution in [0.25, 0.3) is 0 Å². The third-order valence-corrected chi connectivity index (χ3v) is 5.32. The number of thiophene rings is 1. The first-order valence-electron chi connectivity index (χ1n) is 7.69. The third-order valence-electron chi connectivity index (χ3n) is 3.70. The van der Waals surface area contributed by atoms with Crippen LogP contribution in [-0.4, -0.2) is 22.3 Å². The van der Waals surface area contributed by atoms with Gasteiger partial charge in [0.2, 0.25) is 0 Å². The Balaban J connectivity index is 1.80. The molecule has 0 bridgehead atoms. The van der Waals surface area contributed by atoms with E-state index in [2.05, 4.69) is 32.4 Å². The number of amides is 1. The molecule has 3 aromatic rings. The van der Waals surface area contributed by atoms with Crippen LogP contribution in [0, 0.1) is 0 Å². The number of benzene rings is 1. The minimum absolute atomic E-state index is 0.0304. The van der Waals surface area contributed by atoms with Gasteiger partial charge in [0, 0.05) is 34.8 Å². The van der Waals surface area contributed by atoms with E-state index in [4.69, 9.17) is 0 Å². The number of hydrogen-bond donors (Lipinski definition) is 0. The molecule has 2 heterocycles. The average molecular weight is 401 g/mol. The second kappa shape index (κ2) is 8.22. The topological polar surface area (TPSA) is 33.2 Å². The van der Waals surface area contributed by atoms with E-state index in [-0.39, 0.29) is 5.91 Å². The molecular weight excluding hydrogens is 384 g/mol. The molecule has 3 rings (SSSR count). The van der Waals surface area contributed by atoms with Gasteiger partial charge in [-0.05, 0) is 57.6 Å². The zero-order valence-corrected chi connectivity index (χ0v) is 15.5. The SMILES string of the molecule is O=C(c1ccccc1Br)N(CCc1cccs1)Cc1cccnc1. The van der Waals surface area contributed by atoms with Crippen LogP contribution in [0.4, 0.5) is 0 Å². The van der Waals surface area contributed by atoms with Crippen molar-refractivity contribution < 1.29 is 4.79 Å². The maximum atomic E-state index is 13.0. The first-order chi connectivity index (χ1) is 11.7. The van der Waals surface area contributed by atoms with Gasteiger partial charge in [0.05, 0.1) is 5.56 Å². The van der Waals surface area contributed by atoms with Crippen molar-refractivity contribution in [2.45, 2.75) is 13.0 Å². The highest BCUT2D eigenvalue weighted by molar-refractivity contribution is 9.10. The fraction of sp³-hybridized carbons (Fsp3) is 0.158. The van der Waals surface area contributed by atoms with E-state index in [9.17, 15) is 4.79 Å². The molecule has 0 radical (unpaired) electrons. The zero-order valence-electron chi connectivity index (χ0n) is 13.1. The molecular formula is C19H17BrN2OS. The van der Waals surface area contributed by atoms with E-state index in [1.807, 2.05) is 53.6 Å². The number of carbonyl (C=O) groups excluding carboxylic acids is 1. The van der Waals surface area contributed by atoms with Gasteiger partial charge >= 0.3 is 0 Å². The molecule has 3 nitrogen and oxygen atoms in total. The van der Waals surface area contributed by atoms with E-state index in [0.717, 1.165) is 16.5 Å². The molecule has 0 N–H and O–H groups in total. The Hall–Kier alpha value is -1.98. The predicted molar refractivity (Wildman–Crippen MR) is 101 cm³/mol. The quantitative estimate of drug-likeness (QED) is 0.595. The van der Waals surface area contributed by atoms with Crippen molar-refractivity contribution in [1.82, 2.24) is 9.88 Å². The first-order valence-corrected chi connectivity index (χ1v) is 9.36. The molecule has 0 spiro atoms. The van der Waals surface area contributed by atoms with Crippen LogP contribution in [0.1, 0.15) is 20.8 Å². The van der Waals surface area contributed by atoms with E-state index in [1.165, 1.54) is 4.88 Å². The van der Waals surface area contributed by atoms with Crippen molar-refractivity contribution in [3.8, 4) is 0 Å². The molecule has 0 fully saturated rings. The summed E-state index contributed by atoms with van der Waals surface area (Å²) in [5.74, 6) is 0.0304. The molecule has 0 saturated heterocycles. The molecule has 0 saturated carbocycles. The molecule has 24 heavy (non-hydrogen) atoms. The Bertz CT molecular complexity index is 790. The highest BCUT2D eigenvalue weighted by atomic mass is 79.9. The summed E-state index contributed by atoms with van der Waals surface area (Å²) in [7, 11) is 0. The summed E-state index contributed by atoms with van der Waals surface area (Å²) in [6.07, 6.45) is 4.41. The lowest BCUT2D eigenvalue weighted by molar-refractivity contribution is 0.0744. The van der Waals surface area contributed by atoms with Crippen LogP contribution in [0.3, 0.4) is 0 Å². The van der Waals surface area contributed by atoms with Crippen LogP contribution in [-0.2, 0) is 13.0 Å². The van der Waals surface area contributed by atoms with Crippen molar-refractivity contribution in [3.63, 3.8) is 0 Å². The molecule has 1 aromatic carbocycles. The Morgan fingerprint density at radius 2 is 2.00 bits per heavy atom. The van der Waals surface area contributed by atoms with Crippen LogP contribution >= 0.6 is 27.3 Å². The van der Waals surface area contributed by atoms with Crippen LogP contribution in [0.2, 0.25) is 0 Å². The highest BCUT2D eigenvalue weighted by Gasteiger charge is 2.18. The van der Waals surface area contributed by atoms with Gasteiger partial charge < -0.3 is 4.90 Å². The summed E-state index contributed by atoms with van der Waals surface area (Å²) in [6.45, 7) is 1.23. The summed E-state index contributed by atoms with van der Waals surface area (Å²) in [6, 6.07) is 15.6. The van der Waals surface area contributed by atoms with Gasteiger partial charge in [0.15, 0.2) is 0 Å². The molecule has 122 valence electrons. The van der Waals surface area contributed by atoms with Crippen LogP contribution < -0.4 is 0 Å². The van der Waals surface area contributed by atoms with Gasteiger partial charge in [0.1, 0.15) is 0 Å². The lowest BCUT2D eigenvalue weighted by Crippen LogP contribution is -2.32. The van der Waals surface area contributed by atoms with Gasteiger partial charge in [-0.1, -0.05) is 24.3 Å². The smallest absolute Gasteiger partial charge is 0.255 e. The highest BCUT2D eigenvalue weighted by Crippen LogP contribution is 2.20. The van der Waals surface area contributed by atoms with Crippen molar-refractivity contribution in [1.29, 1.82) is 0 Å². The Kier molecular flexibility index (Phi) is 5.77. The Labute approximate surface area is 154 Å². The van der Waals surface area contributed by atoms with E-state index >= 15 is 0 Å². The molecule has 0 aliphatic carbocycles. The summed E-state index contributed by atoms with van der Waals surface area (Å²) < 4.78 is 0.822. The molecule has 0 aliphatic heterocycles. The number of nitrogens with zero attached hydrogens (tertiary/aromatic N) is 2. The lowest BCUT2D eigenvalue weighted by atomic mass is 10.1. The number of halogens is 1. The van der Waals surface area contributed by atoms with Gasteiger partial charge in [-0.25, -0.2) is 0 Å². The fourth-order valence-electron chi connectivity index (χ4n) is 2.47. The van der Waals surface area contributed by atoms with E-state index in [0.29, 0.717) is 18.7 Å². The molecule has 0 atom stereocenters. The normalized spacial score (nSPS) is 10.5. The number of pyridine rings is 1. The van der Waals surface area contributed by atoms with E-state index < -0.39 is 0 Å². The summed E-state index contributed by atoms with van der Waals surface area (Å²) in [5, 5.41) is 2.07. The summed E-state index contributed by atoms with van der Waals surface area (Å²) in [4.78, 5) is 20.3. The molecule has 0 unspecified atom stereocenters. The van der Waals surface area contributed by atoms with Crippen molar-refractivity contribution in [3.05, 3.63) is 86.8 Å². The summed E-state index contributed by atoms with van der Waals surface area (Å²) in [5.41, 5.74) is 1.72. The Morgan fingerprint density at radius 3 is 2.71 bits per heavy atom. The summed E-state index contributed by atoms with van der Waals surface area (Å²) >= 11 is 5.20. The second-order valence-electron chi connectivity index (χ2n) is 5.40. The van der Waals surface area contributed by atoms with Crippen LogP contribution in [0.15, 0.2) is 70.8 Å². The largest absolute Gasteiger partial charge is 0.334 e. The Morgan fingerprint density at radius 1 is 1.12 bits per heavy atom. The minimum atomic E-state index is 0.0304. The number of rotatable bonds is 6. The first kappa shape index (κ1) is 16.9. The number of hydrogen-bond acceptors (Lipinski definition) is 3. The molecule has 1 amide bonds. The second-order valence-corrected chi connectivity index (χ2v) is 7.28. The van der Waals surface area contributed by atoms with Crippen LogP contribution in [0.5, 0.6) is 0 Å².